The first-order chi connectivity index (χ1) is 31.8. The van der Waals surface area contributed by atoms with Crippen LogP contribution in [0.4, 0.5) is 0 Å². The molecule has 0 radical (unpaired) electrons. The third-order valence-corrected chi connectivity index (χ3v) is 14.7. The van der Waals surface area contributed by atoms with Gasteiger partial charge in [0.15, 0.2) is 18.0 Å². The first-order valence-electron chi connectivity index (χ1n) is 24.4. The number of amides is 1. The van der Waals surface area contributed by atoms with E-state index in [-0.39, 0.29) is 61.3 Å². The van der Waals surface area contributed by atoms with Gasteiger partial charge in [-0.3, -0.25) is 24.0 Å². The largest absolute Gasteiger partial charge is 0.460 e. The Kier molecular flexibility index (Phi) is 21.8. The van der Waals surface area contributed by atoms with Crippen molar-refractivity contribution in [1.82, 2.24) is 4.90 Å². The summed E-state index contributed by atoms with van der Waals surface area (Å²) in [5.41, 5.74) is 1.30. The van der Waals surface area contributed by atoms with Crippen LogP contribution in [0, 0.1) is 35.5 Å². The van der Waals surface area contributed by atoms with Gasteiger partial charge in [0.1, 0.15) is 17.9 Å². The lowest BCUT2D eigenvalue weighted by Crippen LogP contribution is -2.61. The number of nitrogens with zero attached hydrogens (tertiary/aromatic N) is 1. The maximum atomic E-state index is 14.4. The Hall–Kier alpha value is -3.86. The molecule has 0 aromatic carbocycles. The van der Waals surface area contributed by atoms with Crippen LogP contribution in [-0.2, 0) is 57.2 Å². The summed E-state index contributed by atoms with van der Waals surface area (Å²) in [5, 5.41) is 22.5. The molecule has 0 unspecified atom stereocenters. The van der Waals surface area contributed by atoms with Crippen molar-refractivity contribution in [3.63, 3.8) is 0 Å². The summed E-state index contributed by atoms with van der Waals surface area (Å²) in [4.78, 5) is 84.1. The molecule has 3 heterocycles. The zero-order valence-corrected chi connectivity index (χ0v) is 41.6. The molecule has 67 heavy (non-hydrogen) atoms. The normalized spacial score (nSPS) is 39.4. The fourth-order valence-corrected chi connectivity index (χ4v) is 10.3. The molecule has 15 atom stereocenters. The van der Waals surface area contributed by atoms with E-state index < -0.39 is 83.9 Å². The molecule has 0 spiro atoms. The predicted octanol–water partition coefficient (Wildman–Crippen LogP) is 6.36. The number of methoxy groups -OCH3 is 3. The molecule has 3 fully saturated rings. The Bertz CT molecular complexity index is 1820. The number of ether oxygens (including phenoxy) is 6. The van der Waals surface area contributed by atoms with Crippen LogP contribution in [0.3, 0.4) is 0 Å². The summed E-state index contributed by atoms with van der Waals surface area (Å²) in [6.45, 7) is 13.0. The fourth-order valence-electron chi connectivity index (χ4n) is 10.3. The van der Waals surface area contributed by atoms with E-state index in [9.17, 15) is 39.0 Å². The predicted molar refractivity (Wildman–Crippen MR) is 250 cm³/mol. The highest BCUT2D eigenvalue weighted by atomic mass is 16.6. The number of rotatable bonds is 8. The number of hydrogen-bond donors (Lipinski definition) is 2. The van der Waals surface area contributed by atoms with E-state index in [1.54, 1.807) is 48.0 Å². The van der Waals surface area contributed by atoms with E-state index in [1.807, 2.05) is 51.2 Å². The number of hydrogen-bond acceptors (Lipinski definition) is 14. The highest BCUT2D eigenvalue weighted by Gasteiger charge is 2.53. The van der Waals surface area contributed by atoms with Crippen LogP contribution in [-0.4, -0.2) is 133 Å². The molecule has 0 aromatic heterocycles. The number of piperidine rings is 1. The first-order valence-corrected chi connectivity index (χ1v) is 24.4. The summed E-state index contributed by atoms with van der Waals surface area (Å²) < 4.78 is 35.0. The van der Waals surface area contributed by atoms with Crippen molar-refractivity contribution in [2.24, 2.45) is 35.5 Å². The summed E-state index contributed by atoms with van der Waals surface area (Å²) in [7, 11) is 4.51. The number of ketones is 3. The van der Waals surface area contributed by atoms with Gasteiger partial charge in [-0.15, -0.1) is 0 Å². The SMILES string of the molecule is CO[C@H]1C[C@@H]2CC[C@@H](C)[C@@](O)(O2)C(=O)C(=O)N2CCCC[C@H]2C(=O)O[C@H]([C@H](C)C[C@@H]2CC[C@@H](O)[C@H](OC)C2)CC(=O)[C@H](C)/C=C(\C)[C@@H](OC=O)[C@@H](OC)C(=O)[C@H](C)C[C@H](C)/C=C/C=C/C=C/1C. The third kappa shape index (κ3) is 14.8. The first kappa shape index (κ1) is 55.7. The van der Waals surface area contributed by atoms with Gasteiger partial charge in [0.05, 0.1) is 24.4 Å². The molecular weight excluding hydrogens is 863 g/mol. The zero-order chi connectivity index (χ0) is 49.6. The molecule has 3 aliphatic heterocycles. The second-order valence-corrected chi connectivity index (χ2v) is 19.8. The van der Waals surface area contributed by atoms with Crippen LogP contribution in [0.15, 0.2) is 47.6 Å². The van der Waals surface area contributed by atoms with Crippen molar-refractivity contribution in [3.05, 3.63) is 47.6 Å². The summed E-state index contributed by atoms with van der Waals surface area (Å²) in [6.07, 6.45) is 11.1. The van der Waals surface area contributed by atoms with E-state index in [0.29, 0.717) is 69.8 Å². The van der Waals surface area contributed by atoms with Gasteiger partial charge in [0.2, 0.25) is 5.79 Å². The second kappa shape index (κ2) is 26.2. The van der Waals surface area contributed by atoms with Gasteiger partial charge < -0.3 is 43.5 Å². The molecule has 376 valence electrons. The number of Topliss-reactive ketones (excluding diaryl/α,β-unsaturated/α-hetero) is 3. The molecule has 1 aliphatic carbocycles. The standard InChI is InChI=1S/C52H79NO14/c1-31-16-12-11-13-17-32(2)43(62-8)28-39-21-19-37(7)52(61,67-39)49(58)50(59)53-23-15-14-18-40(53)51(60)66-44(34(4)26-38-20-22-41(55)45(27-38)63-9)29-42(56)33(3)25-36(6)47(65-30-54)48(64-10)46(57)35(5)24-31/h11-13,16-17,25,30-31,33-35,37-41,43-45,47-48,55,61H,14-15,18-24,26-29H2,1-10H3/b13-11+,16-12+,32-17+,36-25+/t31-,33-,34-,35-,37-,38+,39+,40+,41-,43+,44+,45-,47-,48+,52-/m1/s1. The van der Waals surface area contributed by atoms with E-state index >= 15 is 0 Å². The minimum atomic E-state index is -2.44. The zero-order valence-electron chi connectivity index (χ0n) is 41.6. The Balaban J connectivity index is 1.73. The highest BCUT2D eigenvalue weighted by Crippen LogP contribution is 2.38. The fraction of sp³-hybridized carbons (Fsp3) is 0.731. The van der Waals surface area contributed by atoms with Gasteiger partial charge in [-0.05, 0) is 107 Å². The highest BCUT2D eigenvalue weighted by molar-refractivity contribution is 6.39. The molecule has 1 amide bonds. The van der Waals surface area contributed by atoms with Crippen LogP contribution in [0.2, 0.25) is 0 Å². The van der Waals surface area contributed by atoms with Crippen molar-refractivity contribution in [2.75, 3.05) is 27.9 Å². The number of aliphatic hydroxyl groups excluding tert-OH is 1. The van der Waals surface area contributed by atoms with E-state index in [2.05, 4.69) is 0 Å². The van der Waals surface area contributed by atoms with Crippen LogP contribution >= 0.6 is 0 Å². The van der Waals surface area contributed by atoms with Gasteiger partial charge in [-0.25, -0.2) is 4.79 Å². The number of esters is 1. The Morgan fingerprint density at radius 3 is 2.27 bits per heavy atom. The number of aliphatic hydroxyl groups is 2. The maximum Gasteiger partial charge on any atom is 0.329 e. The van der Waals surface area contributed by atoms with Gasteiger partial charge in [-0.2, -0.15) is 0 Å². The Morgan fingerprint density at radius 2 is 1.60 bits per heavy atom. The second-order valence-electron chi connectivity index (χ2n) is 19.8. The third-order valence-electron chi connectivity index (χ3n) is 14.7. The summed E-state index contributed by atoms with van der Waals surface area (Å²) >= 11 is 0. The quantitative estimate of drug-likeness (QED) is 0.118. The number of carbonyl (C=O) groups excluding carboxylic acids is 6. The molecule has 1 saturated carbocycles. The molecule has 15 heteroatoms. The molecule has 2 bridgehead atoms. The van der Waals surface area contributed by atoms with Gasteiger partial charge in [-0.1, -0.05) is 71.1 Å². The monoisotopic (exact) mass is 942 g/mol. The molecule has 4 rings (SSSR count). The maximum absolute atomic E-state index is 14.4. The average Bonchev–Trinajstić information content (AvgIpc) is 3.30. The van der Waals surface area contributed by atoms with E-state index in [4.69, 9.17) is 28.4 Å². The summed E-state index contributed by atoms with van der Waals surface area (Å²) in [6, 6.07) is -1.16. The van der Waals surface area contributed by atoms with Crippen molar-refractivity contribution in [3.8, 4) is 0 Å². The Labute approximate surface area is 398 Å². The molecule has 0 aromatic rings. The molecule has 15 nitrogen and oxygen atoms in total. The van der Waals surface area contributed by atoms with Gasteiger partial charge >= 0.3 is 5.97 Å². The van der Waals surface area contributed by atoms with Crippen molar-refractivity contribution >= 4 is 35.7 Å². The lowest BCUT2D eigenvalue weighted by Gasteiger charge is -2.42. The number of carbonyl (C=O) groups is 6. The Morgan fingerprint density at radius 1 is 0.866 bits per heavy atom. The van der Waals surface area contributed by atoms with Crippen molar-refractivity contribution < 1.29 is 67.4 Å². The van der Waals surface area contributed by atoms with Crippen molar-refractivity contribution in [2.45, 2.75) is 180 Å². The van der Waals surface area contributed by atoms with Crippen LogP contribution < -0.4 is 0 Å². The molecule has 4 aliphatic rings. The van der Waals surface area contributed by atoms with Gasteiger partial charge in [0, 0.05) is 58.5 Å². The minimum absolute atomic E-state index is 0.0100. The van der Waals surface area contributed by atoms with Crippen LogP contribution in [0.5, 0.6) is 0 Å². The average molecular weight is 942 g/mol. The van der Waals surface area contributed by atoms with Gasteiger partial charge in [0.25, 0.3) is 18.2 Å². The minimum Gasteiger partial charge on any atom is -0.460 e. The molecular formula is C52H79NO14. The summed E-state index contributed by atoms with van der Waals surface area (Å²) in [5.74, 6) is -8.18. The molecule has 2 N–H and O–H groups in total. The number of fused-ring (bicyclic) bond motifs is 3. The van der Waals surface area contributed by atoms with E-state index in [0.717, 1.165) is 5.57 Å². The number of cyclic esters (lactones) is 1. The number of allylic oxidation sites excluding steroid dienone is 6. The van der Waals surface area contributed by atoms with Crippen molar-refractivity contribution in [1.29, 1.82) is 0 Å². The van der Waals surface area contributed by atoms with Crippen LogP contribution in [0.1, 0.15) is 126 Å². The smallest absolute Gasteiger partial charge is 0.329 e. The molecule has 2 saturated heterocycles. The lowest BCUT2D eigenvalue weighted by molar-refractivity contribution is -0.265. The topological polar surface area (TPSA) is 201 Å². The lowest BCUT2D eigenvalue weighted by atomic mass is 9.78. The van der Waals surface area contributed by atoms with E-state index in [1.165, 1.54) is 12.0 Å². The van der Waals surface area contributed by atoms with Crippen LogP contribution in [0.25, 0.3) is 0 Å².